The minimum absolute atomic E-state index is 0.0925. The monoisotopic (exact) mass is 288 g/mol. The first-order valence-electron chi connectivity index (χ1n) is 5.49. The zero-order valence-corrected chi connectivity index (χ0v) is 11.2. The summed E-state index contributed by atoms with van der Waals surface area (Å²) in [4.78, 5) is 23.8. The summed E-state index contributed by atoms with van der Waals surface area (Å²) in [5, 5.41) is 11.2. The van der Waals surface area contributed by atoms with Crippen molar-refractivity contribution in [3.63, 3.8) is 0 Å². The molecule has 0 aliphatic heterocycles. The maximum atomic E-state index is 12.9. The average molecular weight is 289 g/mol. The molecule has 1 unspecified atom stereocenters. The fourth-order valence-electron chi connectivity index (χ4n) is 1.33. The SMILES string of the molecule is CC(C(=O)O)N(C)CC(=O)Nc1ccc(F)c(Cl)c1. The first-order valence-corrected chi connectivity index (χ1v) is 5.87. The van der Waals surface area contributed by atoms with Gasteiger partial charge in [-0.3, -0.25) is 14.5 Å². The minimum atomic E-state index is -1.01. The Morgan fingerprint density at radius 3 is 2.68 bits per heavy atom. The number of amides is 1. The molecule has 0 saturated carbocycles. The Hall–Kier alpha value is -1.66. The van der Waals surface area contributed by atoms with Crippen molar-refractivity contribution in [1.82, 2.24) is 4.90 Å². The molecule has 7 heteroatoms. The van der Waals surface area contributed by atoms with Gasteiger partial charge in [-0.25, -0.2) is 4.39 Å². The molecule has 5 nitrogen and oxygen atoms in total. The topological polar surface area (TPSA) is 69.6 Å². The summed E-state index contributed by atoms with van der Waals surface area (Å²) in [6.45, 7) is 1.38. The summed E-state index contributed by atoms with van der Waals surface area (Å²) in [5.74, 6) is -1.99. The van der Waals surface area contributed by atoms with Crippen LogP contribution in [0.25, 0.3) is 0 Å². The van der Waals surface area contributed by atoms with Crippen LogP contribution >= 0.6 is 11.6 Å². The van der Waals surface area contributed by atoms with Crippen LogP contribution in [0.3, 0.4) is 0 Å². The number of carbonyl (C=O) groups excluding carboxylic acids is 1. The molecule has 2 N–H and O–H groups in total. The molecule has 19 heavy (non-hydrogen) atoms. The van der Waals surface area contributed by atoms with E-state index >= 15 is 0 Å². The van der Waals surface area contributed by atoms with E-state index in [1.807, 2.05) is 0 Å². The van der Waals surface area contributed by atoms with Crippen molar-refractivity contribution < 1.29 is 19.1 Å². The highest BCUT2D eigenvalue weighted by Gasteiger charge is 2.19. The molecule has 0 bridgehead atoms. The lowest BCUT2D eigenvalue weighted by Crippen LogP contribution is -2.40. The summed E-state index contributed by atoms with van der Waals surface area (Å²) < 4.78 is 12.9. The lowest BCUT2D eigenvalue weighted by Gasteiger charge is -2.20. The van der Waals surface area contributed by atoms with E-state index in [1.165, 1.54) is 31.0 Å². The molecule has 1 atom stereocenters. The van der Waals surface area contributed by atoms with E-state index < -0.39 is 23.7 Å². The van der Waals surface area contributed by atoms with Gasteiger partial charge in [-0.2, -0.15) is 0 Å². The molecule has 0 fully saturated rings. The number of anilines is 1. The standard InChI is InChI=1S/C12H14ClFN2O3/c1-7(12(18)19)16(2)6-11(17)15-8-3-4-10(14)9(13)5-8/h3-5,7H,6H2,1-2H3,(H,15,17)(H,18,19). The second kappa shape index (κ2) is 6.49. The van der Waals surface area contributed by atoms with E-state index in [-0.39, 0.29) is 11.6 Å². The smallest absolute Gasteiger partial charge is 0.320 e. The lowest BCUT2D eigenvalue weighted by molar-refractivity contribution is -0.142. The van der Waals surface area contributed by atoms with Crippen LogP contribution in [0, 0.1) is 5.82 Å². The molecular formula is C12H14ClFN2O3. The van der Waals surface area contributed by atoms with Crippen molar-refractivity contribution >= 4 is 29.2 Å². The van der Waals surface area contributed by atoms with E-state index in [0.717, 1.165) is 6.07 Å². The molecule has 1 rings (SSSR count). The number of aliphatic carboxylic acids is 1. The van der Waals surface area contributed by atoms with Crippen molar-refractivity contribution in [2.45, 2.75) is 13.0 Å². The van der Waals surface area contributed by atoms with E-state index in [0.29, 0.717) is 5.69 Å². The third-order valence-electron chi connectivity index (χ3n) is 2.61. The summed E-state index contributed by atoms with van der Waals surface area (Å²) in [6, 6.07) is 3.03. The Labute approximate surface area is 115 Å². The molecule has 104 valence electrons. The zero-order valence-electron chi connectivity index (χ0n) is 10.5. The summed E-state index contributed by atoms with van der Waals surface area (Å²) in [5.41, 5.74) is 0.354. The Bertz CT molecular complexity index is 496. The van der Waals surface area contributed by atoms with Crippen LogP contribution in [-0.2, 0) is 9.59 Å². The van der Waals surface area contributed by atoms with E-state index in [1.54, 1.807) is 0 Å². The van der Waals surface area contributed by atoms with Crippen molar-refractivity contribution in [2.24, 2.45) is 0 Å². The number of hydrogen-bond donors (Lipinski definition) is 2. The number of hydrogen-bond acceptors (Lipinski definition) is 3. The Morgan fingerprint density at radius 2 is 2.16 bits per heavy atom. The largest absolute Gasteiger partial charge is 0.480 e. The van der Waals surface area contributed by atoms with Crippen LogP contribution in [0.5, 0.6) is 0 Å². The van der Waals surface area contributed by atoms with Gasteiger partial charge in [0.15, 0.2) is 0 Å². The van der Waals surface area contributed by atoms with Gasteiger partial charge in [0.2, 0.25) is 5.91 Å². The van der Waals surface area contributed by atoms with Crippen molar-refractivity contribution in [1.29, 1.82) is 0 Å². The Kier molecular flexibility index (Phi) is 5.26. The van der Waals surface area contributed by atoms with Crippen molar-refractivity contribution in [2.75, 3.05) is 18.9 Å². The van der Waals surface area contributed by atoms with Gasteiger partial charge < -0.3 is 10.4 Å². The summed E-state index contributed by atoms with van der Waals surface area (Å²) >= 11 is 5.58. The third-order valence-corrected chi connectivity index (χ3v) is 2.90. The summed E-state index contributed by atoms with van der Waals surface area (Å²) in [6.07, 6.45) is 0. The zero-order chi connectivity index (χ0) is 14.6. The first kappa shape index (κ1) is 15.4. The molecule has 1 amide bonds. The number of benzene rings is 1. The second-order valence-electron chi connectivity index (χ2n) is 4.11. The maximum Gasteiger partial charge on any atom is 0.320 e. The molecule has 0 spiro atoms. The van der Waals surface area contributed by atoms with Crippen LogP contribution in [0.15, 0.2) is 18.2 Å². The van der Waals surface area contributed by atoms with Crippen molar-refractivity contribution in [3.05, 3.63) is 29.0 Å². The highest BCUT2D eigenvalue weighted by atomic mass is 35.5. The fourth-order valence-corrected chi connectivity index (χ4v) is 1.51. The Morgan fingerprint density at radius 1 is 1.53 bits per heavy atom. The lowest BCUT2D eigenvalue weighted by atomic mass is 10.3. The molecule has 0 saturated heterocycles. The van der Waals surface area contributed by atoms with Gasteiger partial charge in [0, 0.05) is 5.69 Å². The average Bonchev–Trinajstić information content (AvgIpc) is 2.32. The number of rotatable bonds is 5. The quantitative estimate of drug-likeness (QED) is 0.867. The number of carboxylic acid groups (broad SMARTS) is 1. The highest BCUT2D eigenvalue weighted by molar-refractivity contribution is 6.31. The van der Waals surface area contributed by atoms with Crippen molar-refractivity contribution in [3.8, 4) is 0 Å². The van der Waals surface area contributed by atoms with Crippen LogP contribution in [-0.4, -0.2) is 41.5 Å². The van der Waals surface area contributed by atoms with Gasteiger partial charge in [-0.05, 0) is 32.2 Å². The molecule has 1 aromatic carbocycles. The predicted molar refractivity (Wildman–Crippen MR) is 69.8 cm³/mol. The van der Waals surface area contributed by atoms with Crippen LogP contribution in [0.1, 0.15) is 6.92 Å². The van der Waals surface area contributed by atoms with E-state index in [9.17, 15) is 14.0 Å². The Balaban J connectivity index is 2.60. The van der Waals surface area contributed by atoms with Gasteiger partial charge >= 0.3 is 5.97 Å². The molecule has 1 aromatic rings. The number of carbonyl (C=O) groups is 2. The molecule has 0 radical (unpaired) electrons. The van der Waals surface area contributed by atoms with Gasteiger partial charge in [0.25, 0.3) is 0 Å². The highest BCUT2D eigenvalue weighted by Crippen LogP contribution is 2.19. The predicted octanol–water partition coefficient (Wildman–Crippen LogP) is 1.82. The molecule has 0 aromatic heterocycles. The third kappa shape index (κ3) is 4.50. The maximum absolute atomic E-state index is 12.9. The van der Waals surface area contributed by atoms with E-state index in [2.05, 4.69) is 5.32 Å². The van der Waals surface area contributed by atoms with Gasteiger partial charge in [0.05, 0.1) is 11.6 Å². The number of nitrogens with one attached hydrogen (secondary N) is 1. The van der Waals surface area contributed by atoms with Crippen LogP contribution in [0.2, 0.25) is 5.02 Å². The summed E-state index contributed by atoms with van der Waals surface area (Å²) in [7, 11) is 1.52. The number of nitrogens with zero attached hydrogens (tertiary/aromatic N) is 1. The van der Waals surface area contributed by atoms with Crippen LogP contribution < -0.4 is 5.32 Å². The van der Waals surface area contributed by atoms with Crippen LogP contribution in [0.4, 0.5) is 10.1 Å². The van der Waals surface area contributed by atoms with Gasteiger partial charge in [-0.15, -0.1) is 0 Å². The minimum Gasteiger partial charge on any atom is -0.480 e. The molecule has 0 aliphatic rings. The normalized spacial score (nSPS) is 12.3. The number of halogens is 2. The van der Waals surface area contributed by atoms with Gasteiger partial charge in [-0.1, -0.05) is 11.6 Å². The van der Waals surface area contributed by atoms with Gasteiger partial charge in [0.1, 0.15) is 11.9 Å². The molecule has 0 heterocycles. The molecular weight excluding hydrogens is 275 g/mol. The molecule has 0 aliphatic carbocycles. The number of carboxylic acids is 1. The second-order valence-corrected chi connectivity index (χ2v) is 4.51. The first-order chi connectivity index (χ1) is 8.81. The fraction of sp³-hybridized carbons (Fsp3) is 0.333. The van der Waals surface area contributed by atoms with E-state index in [4.69, 9.17) is 16.7 Å². The number of likely N-dealkylation sites (N-methyl/N-ethyl adjacent to an activating group) is 1.